The van der Waals surface area contributed by atoms with Crippen LogP contribution in [0.1, 0.15) is 11.1 Å². The molecule has 15 heteroatoms. The fourth-order valence-electron chi connectivity index (χ4n) is 3.62. The van der Waals surface area contributed by atoms with Crippen molar-refractivity contribution in [1.29, 1.82) is 0 Å². The molecule has 0 aliphatic rings. The first kappa shape index (κ1) is 28.2. The van der Waals surface area contributed by atoms with Crippen LogP contribution in [0.5, 0.6) is 0 Å². The highest BCUT2D eigenvalue weighted by Gasteiger charge is 2.42. The van der Waals surface area contributed by atoms with Gasteiger partial charge in [-0.25, -0.2) is 30.0 Å². The maximum Gasteiger partial charge on any atom is 0.422 e. The molecule has 4 rings (SSSR count). The van der Waals surface area contributed by atoms with E-state index in [0.717, 1.165) is 16.2 Å². The van der Waals surface area contributed by atoms with Crippen LogP contribution < -0.4 is 10.6 Å². The first-order valence-corrected chi connectivity index (χ1v) is 11.5. The molecule has 0 atom stereocenters. The summed E-state index contributed by atoms with van der Waals surface area (Å²) in [6, 6.07) is 6.42. The van der Waals surface area contributed by atoms with E-state index >= 15 is 0 Å². The molecule has 2 heterocycles. The van der Waals surface area contributed by atoms with Gasteiger partial charge in [0.2, 0.25) is 0 Å². The molecule has 0 saturated heterocycles. The van der Waals surface area contributed by atoms with Gasteiger partial charge in [0.25, 0.3) is 10.0 Å². The molecule has 0 radical (unpaired) electrons. The minimum absolute atomic E-state index is 0. The molecule has 4 aromatic rings. The zero-order chi connectivity index (χ0) is 26.4. The minimum Gasteiger partial charge on any atom is -0.350 e. The van der Waals surface area contributed by atoms with Crippen LogP contribution in [-0.2, 0) is 22.7 Å². The summed E-state index contributed by atoms with van der Waals surface area (Å²) in [5, 5.41) is 5.30. The van der Waals surface area contributed by atoms with Crippen molar-refractivity contribution in [2.75, 3.05) is 12.4 Å². The van der Waals surface area contributed by atoms with Crippen LogP contribution in [0.25, 0.3) is 10.9 Å². The molecule has 198 valence electrons. The number of halogens is 8. The van der Waals surface area contributed by atoms with Gasteiger partial charge in [-0.05, 0) is 36.9 Å². The summed E-state index contributed by atoms with van der Waals surface area (Å²) in [6.45, 7) is 0.234. The fourth-order valence-corrected chi connectivity index (χ4v) is 4.97. The lowest BCUT2D eigenvalue weighted by Gasteiger charge is -2.15. The van der Waals surface area contributed by atoms with Crippen molar-refractivity contribution in [2.45, 2.75) is 17.6 Å². The number of rotatable bonds is 6. The molecule has 2 aromatic carbocycles. The highest BCUT2D eigenvalue weighted by Crippen LogP contribution is 2.39. The predicted octanol–water partition coefficient (Wildman–Crippen LogP) is 5.73. The SMILES string of the molecule is CNCc1cn(S(=O)(=O)c2cccnc2)c2cc(Nc3c(F)c(F)c(C(F)(F)F)c(F)c3F)ccc12.Cl. The lowest BCUT2D eigenvalue weighted by molar-refractivity contribution is -0.143. The van der Waals surface area contributed by atoms with Gasteiger partial charge in [-0.3, -0.25) is 4.98 Å². The Bertz CT molecular complexity index is 1550. The molecule has 2 N–H and O–H groups in total. The van der Waals surface area contributed by atoms with Crippen molar-refractivity contribution in [1.82, 2.24) is 14.3 Å². The first-order valence-electron chi connectivity index (χ1n) is 10.0. The third-order valence-corrected chi connectivity index (χ3v) is 6.89. The number of alkyl halides is 3. The van der Waals surface area contributed by atoms with Gasteiger partial charge in [0, 0.05) is 36.2 Å². The van der Waals surface area contributed by atoms with E-state index in [9.17, 15) is 39.2 Å². The molecule has 0 aliphatic heterocycles. The summed E-state index contributed by atoms with van der Waals surface area (Å²) < 4.78 is 123. The Morgan fingerprint density at radius 1 is 1.00 bits per heavy atom. The Labute approximate surface area is 211 Å². The monoisotopic (exact) mass is 568 g/mol. The highest BCUT2D eigenvalue weighted by molar-refractivity contribution is 7.90. The molecule has 0 fully saturated rings. The van der Waals surface area contributed by atoms with Crippen molar-refractivity contribution in [2.24, 2.45) is 0 Å². The number of anilines is 2. The number of aromatic nitrogens is 2. The Kier molecular flexibility index (Phi) is 7.77. The van der Waals surface area contributed by atoms with Gasteiger partial charge >= 0.3 is 6.18 Å². The minimum atomic E-state index is -5.68. The number of hydrogen-bond donors (Lipinski definition) is 2. The van der Waals surface area contributed by atoms with Crippen LogP contribution in [-0.4, -0.2) is 24.4 Å². The molecule has 37 heavy (non-hydrogen) atoms. The van der Waals surface area contributed by atoms with Crippen LogP contribution in [0, 0.1) is 23.3 Å². The van der Waals surface area contributed by atoms with Crippen LogP contribution >= 0.6 is 12.4 Å². The van der Waals surface area contributed by atoms with Crippen molar-refractivity contribution >= 4 is 44.7 Å². The predicted molar refractivity (Wildman–Crippen MR) is 123 cm³/mol. The van der Waals surface area contributed by atoms with Crippen molar-refractivity contribution in [3.05, 3.63) is 83.3 Å². The summed E-state index contributed by atoms with van der Waals surface area (Å²) in [5.74, 6) is -9.83. The topological polar surface area (TPSA) is 76.0 Å². The van der Waals surface area contributed by atoms with Crippen LogP contribution in [0.2, 0.25) is 0 Å². The lowest BCUT2D eigenvalue weighted by atomic mass is 10.1. The standard InChI is InChI=1S/C22H15F7N4O2S.ClH/c1-30-8-11-10-33(36(34,35)13-3-2-6-31-9-13)15-7-12(4-5-14(11)15)32-21-19(25)17(23)16(22(27,28)29)18(24)20(21)26;/h2-7,9-10,30,32H,8H2,1H3;1H. The summed E-state index contributed by atoms with van der Waals surface area (Å²) in [4.78, 5) is 3.62. The van der Waals surface area contributed by atoms with Gasteiger partial charge in [-0.1, -0.05) is 6.07 Å². The van der Waals surface area contributed by atoms with Gasteiger partial charge in [-0.15, -0.1) is 12.4 Å². The van der Waals surface area contributed by atoms with Gasteiger partial charge < -0.3 is 10.6 Å². The second-order valence-electron chi connectivity index (χ2n) is 7.53. The summed E-state index contributed by atoms with van der Waals surface area (Å²) in [6.07, 6.45) is -1.89. The van der Waals surface area contributed by atoms with E-state index < -0.39 is 50.7 Å². The zero-order valence-electron chi connectivity index (χ0n) is 18.5. The Morgan fingerprint density at radius 3 is 2.19 bits per heavy atom. The van der Waals surface area contributed by atoms with E-state index in [0.29, 0.717) is 10.9 Å². The van der Waals surface area contributed by atoms with Gasteiger partial charge in [0.1, 0.15) is 16.1 Å². The highest BCUT2D eigenvalue weighted by atomic mass is 35.5. The number of nitrogens with zero attached hydrogens (tertiary/aromatic N) is 2. The van der Waals surface area contributed by atoms with E-state index in [1.807, 2.05) is 5.32 Å². The number of pyridine rings is 1. The third kappa shape index (κ3) is 4.95. The molecule has 0 unspecified atom stereocenters. The molecule has 0 bridgehead atoms. The quantitative estimate of drug-likeness (QED) is 0.229. The zero-order valence-corrected chi connectivity index (χ0v) is 20.1. The molecule has 0 aliphatic carbocycles. The summed E-state index contributed by atoms with van der Waals surface area (Å²) in [7, 11) is -2.58. The fraction of sp³-hybridized carbons (Fsp3) is 0.136. The number of nitrogens with one attached hydrogen (secondary N) is 2. The largest absolute Gasteiger partial charge is 0.422 e. The molecule has 6 nitrogen and oxygen atoms in total. The third-order valence-electron chi connectivity index (χ3n) is 5.23. The maximum absolute atomic E-state index is 14.4. The second-order valence-corrected chi connectivity index (χ2v) is 9.35. The van der Waals surface area contributed by atoms with Crippen LogP contribution in [0.15, 0.2) is 53.8 Å². The Hall–Kier alpha value is -3.36. The average molecular weight is 569 g/mol. The van der Waals surface area contributed by atoms with Crippen molar-refractivity contribution in [3.8, 4) is 0 Å². The van der Waals surface area contributed by atoms with E-state index in [-0.39, 0.29) is 35.1 Å². The maximum atomic E-state index is 14.4. The number of benzene rings is 2. The average Bonchev–Trinajstić information content (AvgIpc) is 3.19. The van der Waals surface area contributed by atoms with E-state index in [2.05, 4.69) is 10.3 Å². The van der Waals surface area contributed by atoms with Crippen molar-refractivity contribution in [3.63, 3.8) is 0 Å². The summed E-state index contributed by atoms with van der Waals surface area (Å²) >= 11 is 0. The number of hydrogen-bond acceptors (Lipinski definition) is 5. The van der Waals surface area contributed by atoms with E-state index in [4.69, 9.17) is 0 Å². The molecular weight excluding hydrogens is 553 g/mol. The summed E-state index contributed by atoms with van der Waals surface area (Å²) in [5.41, 5.74) is -3.93. The second kappa shape index (κ2) is 10.2. The van der Waals surface area contributed by atoms with E-state index in [1.54, 1.807) is 7.05 Å². The molecule has 2 aromatic heterocycles. The number of fused-ring (bicyclic) bond motifs is 1. The van der Waals surface area contributed by atoms with Crippen molar-refractivity contribution < 1.29 is 39.2 Å². The lowest BCUT2D eigenvalue weighted by Crippen LogP contribution is -2.16. The molecule has 0 spiro atoms. The molecule has 0 saturated carbocycles. The van der Waals surface area contributed by atoms with Gasteiger partial charge in [0.05, 0.1) is 5.52 Å². The molecular formula is C22H16ClF7N4O2S. The smallest absolute Gasteiger partial charge is 0.350 e. The molecule has 0 amide bonds. The Morgan fingerprint density at radius 2 is 1.65 bits per heavy atom. The van der Waals surface area contributed by atoms with Crippen LogP contribution in [0.3, 0.4) is 0 Å². The Balaban J connectivity index is 0.00000380. The van der Waals surface area contributed by atoms with Gasteiger partial charge in [-0.2, -0.15) is 13.2 Å². The normalized spacial score (nSPS) is 12.0. The van der Waals surface area contributed by atoms with E-state index in [1.165, 1.54) is 36.7 Å². The first-order chi connectivity index (χ1) is 16.9. The van der Waals surface area contributed by atoms with Crippen LogP contribution in [0.4, 0.5) is 42.1 Å². The van der Waals surface area contributed by atoms with Gasteiger partial charge in [0.15, 0.2) is 23.3 Å².